The van der Waals surface area contributed by atoms with Gasteiger partial charge in [-0.2, -0.15) is 0 Å². The zero-order valence-corrected chi connectivity index (χ0v) is 19.1. The third kappa shape index (κ3) is 4.60. The van der Waals surface area contributed by atoms with E-state index in [1.807, 2.05) is 42.6 Å². The predicted octanol–water partition coefficient (Wildman–Crippen LogP) is 5.06. The van der Waals surface area contributed by atoms with Gasteiger partial charge >= 0.3 is 11.9 Å². The first kappa shape index (κ1) is 22.7. The summed E-state index contributed by atoms with van der Waals surface area (Å²) in [4.78, 5) is 30.6. The van der Waals surface area contributed by atoms with E-state index in [0.717, 1.165) is 22.6 Å². The number of carbonyl (C=O) groups excluding carboxylic acids is 1. The molecule has 10 heteroatoms. The van der Waals surface area contributed by atoms with Crippen LogP contribution in [0.25, 0.3) is 33.9 Å². The number of hydrogen-bond donors (Lipinski definition) is 1. The minimum Gasteiger partial charge on any atom is -0.476 e. The number of esters is 1. The minimum atomic E-state index is -1.03. The molecular formula is C26H20N4O6. The number of aromatic nitrogens is 4. The number of carbonyl (C=O) groups is 2. The zero-order valence-electron chi connectivity index (χ0n) is 19.1. The van der Waals surface area contributed by atoms with E-state index in [2.05, 4.69) is 9.97 Å². The van der Waals surface area contributed by atoms with Crippen LogP contribution < -0.4 is 0 Å². The summed E-state index contributed by atoms with van der Waals surface area (Å²) in [6, 6.07) is 14.7. The molecule has 10 nitrogen and oxygen atoms in total. The van der Waals surface area contributed by atoms with Gasteiger partial charge in [-0.25, -0.2) is 19.6 Å². The Hall–Kier alpha value is -5.12. The van der Waals surface area contributed by atoms with Crippen LogP contribution in [0.2, 0.25) is 0 Å². The SMILES string of the molecule is CCOC(=O)c1cn2cc(-c3ccco3)ccc2n1.O=C(O)c1cn2cc(-c3ccco3)ccc2n1. The zero-order chi connectivity index (χ0) is 25.1. The van der Waals surface area contributed by atoms with Gasteiger partial charge in [0.2, 0.25) is 0 Å². The number of imidazole rings is 2. The van der Waals surface area contributed by atoms with Gasteiger partial charge in [-0.05, 0) is 55.5 Å². The van der Waals surface area contributed by atoms with Crippen LogP contribution in [0, 0.1) is 0 Å². The van der Waals surface area contributed by atoms with Crippen LogP contribution >= 0.6 is 0 Å². The van der Waals surface area contributed by atoms with Gasteiger partial charge in [0, 0.05) is 35.9 Å². The number of rotatable bonds is 5. The second-order valence-electron chi connectivity index (χ2n) is 7.60. The fourth-order valence-electron chi connectivity index (χ4n) is 3.57. The Balaban J connectivity index is 0.000000149. The first-order chi connectivity index (χ1) is 17.5. The standard InChI is InChI=1S/C14H12N2O3.C12H8N2O3/c1-2-18-14(17)11-9-16-8-10(5-6-13(16)15-11)12-4-3-7-19-12;15-12(16)9-7-14-6-8(3-4-11(14)13-9)10-2-1-5-17-10/h3-9H,2H2,1H3;1-7H,(H,15,16). The molecule has 6 aromatic heterocycles. The first-order valence-electron chi connectivity index (χ1n) is 11.0. The highest BCUT2D eigenvalue weighted by atomic mass is 16.5. The monoisotopic (exact) mass is 484 g/mol. The highest BCUT2D eigenvalue weighted by Crippen LogP contribution is 2.21. The van der Waals surface area contributed by atoms with E-state index in [-0.39, 0.29) is 5.69 Å². The molecule has 6 aromatic rings. The van der Waals surface area contributed by atoms with Crippen LogP contribution in [-0.4, -0.2) is 42.4 Å². The van der Waals surface area contributed by atoms with Gasteiger partial charge < -0.3 is 27.5 Å². The van der Waals surface area contributed by atoms with E-state index in [0.29, 0.717) is 23.6 Å². The molecule has 0 aliphatic heterocycles. The lowest BCUT2D eigenvalue weighted by Crippen LogP contribution is -2.04. The molecule has 0 spiro atoms. The molecule has 0 saturated heterocycles. The van der Waals surface area contributed by atoms with Gasteiger partial charge in [-0.15, -0.1) is 0 Å². The van der Waals surface area contributed by atoms with Crippen molar-refractivity contribution in [3.8, 4) is 22.6 Å². The van der Waals surface area contributed by atoms with E-state index in [9.17, 15) is 9.59 Å². The average Bonchev–Trinajstić information content (AvgIpc) is 3.69. The fourth-order valence-corrected chi connectivity index (χ4v) is 3.57. The molecule has 0 aliphatic rings. The quantitative estimate of drug-likeness (QED) is 0.337. The van der Waals surface area contributed by atoms with Crippen LogP contribution in [0.15, 0.2) is 94.7 Å². The van der Waals surface area contributed by atoms with Gasteiger partial charge in [-0.1, -0.05) is 0 Å². The van der Waals surface area contributed by atoms with Crippen LogP contribution in [-0.2, 0) is 4.74 Å². The van der Waals surface area contributed by atoms with Crippen molar-refractivity contribution in [2.24, 2.45) is 0 Å². The third-order valence-electron chi connectivity index (χ3n) is 5.22. The number of fused-ring (bicyclic) bond motifs is 2. The molecule has 36 heavy (non-hydrogen) atoms. The number of hydrogen-bond acceptors (Lipinski definition) is 7. The molecule has 1 N–H and O–H groups in total. The van der Waals surface area contributed by atoms with Crippen molar-refractivity contribution in [1.82, 2.24) is 18.8 Å². The highest BCUT2D eigenvalue weighted by Gasteiger charge is 2.12. The summed E-state index contributed by atoms with van der Waals surface area (Å²) in [6.45, 7) is 2.10. The Labute approximate surface area is 204 Å². The number of pyridine rings is 2. The van der Waals surface area contributed by atoms with Gasteiger partial charge in [0.05, 0.1) is 19.1 Å². The lowest BCUT2D eigenvalue weighted by Gasteiger charge is -1.97. The van der Waals surface area contributed by atoms with Crippen molar-refractivity contribution in [1.29, 1.82) is 0 Å². The van der Waals surface area contributed by atoms with Crippen molar-refractivity contribution in [2.45, 2.75) is 6.92 Å². The average molecular weight is 484 g/mol. The maximum atomic E-state index is 11.6. The Morgan fingerprint density at radius 2 is 1.33 bits per heavy atom. The van der Waals surface area contributed by atoms with Crippen molar-refractivity contribution in [2.75, 3.05) is 6.61 Å². The fraction of sp³-hybridized carbons (Fsp3) is 0.0769. The maximum absolute atomic E-state index is 11.6. The molecule has 0 unspecified atom stereocenters. The van der Waals surface area contributed by atoms with Crippen LogP contribution in [0.4, 0.5) is 0 Å². The smallest absolute Gasteiger partial charge is 0.358 e. The minimum absolute atomic E-state index is 0.0293. The number of furan rings is 2. The molecule has 0 amide bonds. The van der Waals surface area contributed by atoms with Gasteiger partial charge in [0.15, 0.2) is 11.4 Å². The van der Waals surface area contributed by atoms with Gasteiger partial charge in [-0.3, -0.25) is 0 Å². The summed E-state index contributed by atoms with van der Waals surface area (Å²) in [6.07, 6.45) is 10.00. The molecule has 0 saturated carbocycles. The molecule has 0 aromatic carbocycles. The molecular weight excluding hydrogens is 464 g/mol. The first-order valence-corrected chi connectivity index (χ1v) is 11.0. The van der Waals surface area contributed by atoms with E-state index in [1.165, 1.54) is 6.20 Å². The number of carboxylic acids is 1. The summed E-state index contributed by atoms with van der Waals surface area (Å²) >= 11 is 0. The second kappa shape index (κ2) is 9.63. The maximum Gasteiger partial charge on any atom is 0.358 e. The van der Waals surface area contributed by atoms with Crippen molar-refractivity contribution in [3.63, 3.8) is 0 Å². The Bertz CT molecular complexity index is 1640. The van der Waals surface area contributed by atoms with E-state index >= 15 is 0 Å². The Morgan fingerprint density at radius 1 is 0.806 bits per heavy atom. The van der Waals surface area contributed by atoms with E-state index < -0.39 is 11.9 Å². The highest BCUT2D eigenvalue weighted by molar-refractivity contribution is 5.88. The number of ether oxygens (including phenoxy) is 1. The lowest BCUT2D eigenvalue weighted by atomic mass is 10.2. The summed E-state index contributed by atoms with van der Waals surface area (Å²) < 4.78 is 19.0. The third-order valence-corrected chi connectivity index (χ3v) is 5.22. The lowest BCUT2D eigenvalue weighted by molar-refractivity contribution is 0.0519. The normalized spacial score (nSPS) is 10.8. The summed E-state index contributed by atoms with van der Waals surface area (Å²) in [5.41, 5.74) is 3.42. The van der Waals surface area contributed by atoms with Gasteiger partial charge in [0.1, 0.15) is 22.8 Å². The number of carboxylic acid groups (broad SMARTS) is 1. The molecule has 180 valence electrons. The summed E-state index contributed by atoms with van der Waals surface area (Å²) in [5.74, 6) is 0.0600. The Kier molecular flexibility index (Phi) is 6.06. The topological polar surface area (TPSA) is 124 Å². The molecule has 0 fully saturated rings. The van der Waals surface area contributed by atoms with Crippen molar-refractivity contribution >= 4 is 23.2 Å². The Morgan fingerprint density at radius 3 is 1.81 bits per heavy atom. The van der Waals surface area contributed by atoms with Crippen molar-refractivity contribution in [3.05, 3.63) is 97.2 Å². The number of nitrogens with zero attached hydrogens (tertiary/aromatic N) is 4. The molecule has 6 rings (SSSR count). The molecule has 0 aliphatic carbocycles. The van der Waals surface area contributed by atoms with Crippen LogP contribution in [0.5, 0.6) is 0 Å². The molecule has 0 atom stereocenters. The number of aromatic carboxylic acids is 1. The van der Waals surface area contributed by atoms with Gasteiger partial charge in [0.25, 0.3) is 0 Å². The second-order valence-corrected chi connectivity index (χ2v) is 7.60. The largest absolute Gasteiger partial charge is 0.476 e. The molecule has 6 heterocycles. The van der Waals surface area contributed by atoms with E-state index in [1.54, 1.807) is 52.8 Å². The van der Waals surface area contributed by atoms with Crippen LogP contribution in [0.1, 0.15) is 27.9 Å². The molecule has 0 bridgehead atoms. The predicted molar refractivity (Wildman–Crippen MR) is 129 cm³/mol. The summed E-state index contributed by atoms with van der Waals surface area (Å²) in [5, 5.41) is 8.84. The van der Waals surface area contributed by atoms with Crippen LogP contribution in [0.3, 0.4) is 0 Å². The van der Waals surface area contributed by atoms with Crippen molar-refractivity contribution < 1.29 is 28.3 Å². The molecule has 0 radical (unpaired) electrons. The summed E-state index contributed by atoms with van der Waals surface area (Å²) in [7, 11) is 0. The van der Waals surface area contributed by atoms with E-state index in [4.69, 9.17) is 18.7 Å².